The zero-order valence-electron chi connectivity index (χ0n) is 70.3. The molecule has 0 aliphatic carbocycles. The quantitative estimate of drug-likeness (QED) is 0.0323. The van der Waals surface area contributed by atoms with Crippen LogP contribution in [0.25, 0.3) is 0 Å². The van der Waals surface area contributed by atoms with Crippen molar-refractivity contribution in [1.82, 2.24) is 60.8 Å². The summed E-state index contributed by atoms with van der Waals surface area (Å²) in [6, 6.07) is -0.668. The molecule has 10 heterocycles. The second-order valence-corrected chi connectivity index (χ2v) is 56.4. The molecule has 2 aromatic rings. The van der Waals surface area contributed by atoms with Gasteiger partial charge in [-0.2, -0.15) is 0 Å². The van der Waals surface area contributed by atoms with Crippen molar-refractivity contribution < 1.29 is 84.3 Å². The number of carbonyl (C=O) groups is 2. The van der Waals surface area contributed by atoms with E-state index in [1.54, 1.807) is 24.3 Å². The number of aliphatic hydroxyl groups is 10. The zero-order chi connectivity index (χ0) is 88.1. The second-order valence-electron chi connectivity index (χ2n) is 34.4. The molecule has 2 aromatic heterocycles. The minimum absolute atomic E-state index is 0.139. The SMILES string of the molecule is C=C1NC(=O)N(C)C=C1[C@@H]1O[C@H](CCP(=C)(C)C)[C@@H](O)[C@H]1O.C=C1NC(=O)NC=C1[C@@H]1O[C@H](CCP(=C)(C)C)[C@@H](O)[C@H]1O.C=C1NC(=S)N(C)C=C1[C@@H]1O[C@H](CCP(=C)(C)C)[C@@H](O)[C@H]1O.C=P(C)(C)CC[C@H]1O[C@@H](c2cn(CNCCC)c(=O)[nH]c2=O)[C@H](O)[C@@H]1O.C=P(C)(C)CC[C@H]1O[C@@H](c2cn(CNCCC)c(=O)[nH]c2=O)[C@H](O)[C@@H]1O. The molecule has 8 aliphatic rings. The number of rotatable bonds is 28. The molecule has 0 radical (unpaired) electrons. The van der Waals surface area contributed by atoms with E-state index in [0.29, 0.717) is 71.0 Å². The number of aromatic nitrogens is 4. The molecule has 662 valence electrons. The van der Waals surface area contributed by atoms with E-state index in [2.05, 4.69) is 160 Å². The van der Waals surface area contributed by atoms with Crippen LogP contribution in [0.4, 0.5) is 9.59 Å². The van der Waals surface area contributed by atoms with E-state index < -0.39 is 173 Å². The number of urea groups is 2. The minimum Gasteiger partial charge on any atom is -0.388 e. The Kier molecular flexibility index (Phi) is 37.2. The number of carbonyl (C=O) groups excluding carboxylic acids is 2. The number of amides is 4. The maximum Gasteiger partial charge on any atom is 0.329 e. The zero-order valence-corrected chi connectivity index (χ0v) is 75.6. The summed E-state index contributed by atoms with van der Waals surface area (Å²) >= 11 is 5.14. The summed E-state index contributed by atoms with van der Waals surface area (Å²) in [5, 5.41) is 120. The Bertz CT molecular complexity index is 4210. The highest BCUT2D eigenvalue weighted by atomic mass is 32.1. The van der Waals surface area contributed by atoms with Gasteiger partial charge in [-0.25, -0.2) is 19.2 Å². The Morgan fingerprint density at radius 1 is 0.419 bits per heavy atom. The van der Waals surface area contributed by atoms with Gasteiger partial charge < -0.3 is 106 Å². The number of hydrogen-bond donors (Lipinski definition) is 18. The van der Waals surface area contributed by atoms with Gasteiger partial charge in [0.05, 0.1) is 55.0 Å². The van der Waals surface area contributed by atoms with Crippen LogP contribution in [0.1, 0.15) is 82.1 Å². The first-order valence-electron chi connectivity index (χ1n) is 39.1. The van der Waals surface area contributed by atoms with Gasteiger partial charge in [0, 0.05) is 78.9 Å². The molecule has 39 heteroatoms. The Hall–Kier alpha value is -5.15. The molecule has 5 saturated heterocycles. The topological polar surface area (TPSA) is 471 Å². The predicted molar refractivity (Wildman–Crippen MR) is 481 cm³/mol. The third-order valence-corrected chi connectivity index (χ3v) is 28.2. The van der Waals surface area contributed by atoms with Crippen LogP contribution in [-0.4, -0.2) is 363 Å². The van der Waals surface area contributed by atoms with Gasteiger partial charge in [-0.05, 0) is 168 Å². The standard InChI is InChI=1S/2C17H30N3O5P.C15H25N2O4P.C15H25N2O3PS.C14H23N2O4P/c2*1-5-7-18-10-20-9-11(16(23)19-17(20)24)15-14(22)13(21)12(25-15)6-8-26(2,3)4;1-9-10(8-17(2)15(20)16-9)14-13(19)12(18)11(21-14)6-7-22(3,4)5;1-9-10(8-17(2)15(22)16-9)14-13(19)12(18)11(20-14)6-7-21(3,4)5;1-8-9(7-15-14(19)16-8)13-12(18)11(17)10(20-13)5-6-21(2,3)4/h2*9,12-15,18,21-22H,2,5-8,10H2,1,3-4H3,(H,19,23,24);8,11-14,18-19H,1,3,6-7H2,2,4-5H3,(H,16,20);8,11-14,18-19H,1,3,6-7H2,2,4-5H3,(H,16,22);7,10-13,17-18H,1-2,5-6H2,3-4H3,(H2,15,16,19)/t2*12-,13-,14-,15+;2*11-,12-,13-,14+;10-,11-,12-,13+/m11111/s1. The number of aliphatic hydroxyl groups excluding tert-OH is 10. The monoisotopic (exact) mass is 1760 g/mol. The molecule has 0 aromatic carbocycles. The van der Waals surface area contributed by atoms with E-state index in [4.69, 9.17) is 35.9 Å². The van der Waals surface area contributed by atoms with Crippen LogP contribution in [0.3, 0.4) is 0 Å². The van der Waals surface area contributed by atoms with Crippen molar-refractivity contribution in [3.05, 3.63) is 137 Å². The van der Waals surface area contributed by atoms with Crippen molar-refractivity contribution in [2.45, 2.75) is 194 Å². The third kappa shape index (κ3) is 29.3. The van der Waals surface area contributed by atoms with E-state index in [0.717, 1.165) is 56.7 Å². The van der Waals surface area contributed by atoms with E-state index in [1.165, 1.54) is 32.6 Å². The van der Waals surface area contributed by atoms with Crippen molar-refractivity contribution >= 4 is 95.3 Å². The highest BCUT2D eigenvalue weighted by molar-refractivity contribution is 7.80. The van der Waals surface area contributed by atoms with E-state index in [9.17, 15) is 79.8 Å². The Labute approximate surface area is 693 Å². The molecular weight excluding hydrogens is 1630 g/mol. The average Bonchev–Trinajstić information content (AvgIpc) is 1.51. The van der Waals surface area contributed by atoms with Gasteiger partial charge in [-0.3, -0.25) is 39.3 Å². The first-order valence-corrected chi connectivity index (χ1v) is 54.7. The number of aromatic amines is 2. The highest BCUT2D eigenvalue weighted by Crippen LogP contribution is 2.45. The molecule has 10 rings (SSSR count). The van der Waals surface area contributed by atoms with E-state index >= 15 is 0 Å². The van der Waals surface area contributed by atoms with Crippen LogP contribution in [0.15, 0.2) is 104 Å². The number of H-pyrrole nitrogens is 2. The van der Waals surface area contributed by atoms with Crippen LogP contribution in [0.2, 0.25) is 0 Å². The van der Waals surface area contributed by atoms with Gasteiger partial charge in [-0.15, -0.1) is 65.9 Å². The Morgan fingerprint density at radius 2 is 0.701 bits per heavy atom. The summed E-state index contributed by atoms with van der Waals surface area (Å²) in [5.74, 6) is 0. The predicted octanol–water partition coefficient (Wildman–Crippen LogP) is 1.21. The fourth-order valence-corrected chi connectivity index (χ4v) is 18.5. The molecule has 117 heavy (non-hydrogen) atoms. The summed E-state index contributed by atoms with van der Waals surface area (Å²) in [5.41, 5.74) is 1.22. The maximum absolute atomic E-state index is 12.2. The van der Waals surface area contributed by atoms with Gasteiger partial charge in [0.25, 0.3) is 11.1 Å². The van der Waals surface area contributed by atoms with Crippen molar-refractivity contribution in [2.24, 2.45) is 0 Å². The van der Waals surface area contributed by atoms with Crippen molar-refractivity contribution in [3.63, 3.8) is 0 Å². The van der Waals surface area contributed by atoms with Crippen LogP contribution in [-0.2, 0) is 37.0 Å². The number of ether oxygens (including phenoxy) is 5. The normalized spacial score (nSPS) is 30.1. The molecule has 4 amide bonds. The fraction of sp³-hybridized carbons (Fsp3) is 0.641. The summed E-state index contributed by atoms with van der Waals surface area (Å²) in [7, 11) is 3.42. The Morgan fingerprint density at radius 3 is 1.01 bits per heavy atom. The summed E-state index contributed by atoms with van der Waals surface area (Å²) in [6.07, 6.45) is 20.8. The molecule has 0 bridgehead atoms. The fourth-order valence-electron chi connectivity index (χ4n) is 13.5. The van der Waals surface area contributed by atoms with Gasteiger partial charge in [0.2, 0.25) is 0 Å². The number of nitrogens with one attached hydrogen (secondary N) is 8. The lowest BCUT2D eigenvalue weighted by Crippen LogP contribution is -2.42. The highest BCUT2D eigenvalue weighted by Gasteiger charge is 2.50. The number of hydrogen-bond acceptors (Lipinski definition) is 24. The molecule has 0 saturated carbocycles. The molecule has 8 aliphatic heterocycles. The molecular formula is C78H133N12O21P5S. The number of thiocarbonyl (C=S) groups is 1. The summed E-state index contributed by atoms with van der Waals surface area (Å²) < 4.78 is 31.8. The van der Waals surface area contributed by atoms with Gasteiger partial charge in [-0.1, -0.05) is 33.6 Å². The molecule has 0 unspecified atom stereocenters. The maximum atomic E-state index is 12.2. The van der Waals surface area contributed by atoms with Crippen molar-refractivity contribution in [3.8, 4) is 0 Å². The van der Waals surface area contributed by atoms with Crippen LogP contribution in [0, 0.1) is 0 Å². The average molecular weight is 1760 g/mol. The molecule has 20 atom stereocenters. The Balaban J connectivity index is 0.000000228. The molecule has 18 N–H and O–H groups in total. The largest absolute Gasteiger partial charge is 0.388 e. The van der Waals surface area contributed by atoms with Gasteiger partial charge >= 0.3 is 23.4 Å². The first kappa shape index (κ1) is 101. The lowest BCUT2D eigenvalue weighted by atomic mass is 9.99. The van der Waals surface area contributed by atoms with Crippen LogP contribution in [0.5, 0.6) is 0 Å². The molecule has 0 spiro atoms. The lowest BCUT2D eigenvalue weighted by Gasteiger charge is -2.30. The van der Waals surface area contributed by atoms with Gasteiger partial charge in [0.15, 0.2) is 5.11 Å². The third-order valence-electron chi connectivity index (χ3n) is 20.4. The van der Waals surface area contributed by atoms with Crippen molar-refractivity contribution in [2.75, 3.05) is 125 Å². The lowest BCUT2D eigenvalue weighted by molar-refractivity contribution is 0.00491. The van der Waals surface area contributed by atoms with Crippen molar-refractivity contribution in [1.29, 1.82) is 0 Å². The summed E-state index contributed by atoms with van der Waals surface area (Å²) in [6.45, 7) is 32.4. The first-order chi connectivity index (χ1) is 54.2. The molecule has 5 fully saturated rings. The summed E-state index contributed by atoms with van der Waals surface area (Å²) in [4.78, 5) is 78.6. The number of nitrogens with zero attached hydrogens (tertiary/aromatic N) is 4. The minimum atomic E-state index is -1.29. The van der Waals surface area contributed by atoms with Crippen LogP contribution >= 0.6 is 46.6 Å². The van der Waals surface area contributed by atoms with Gasteiger partial charge in [0.1, 0.15) is 91.6 Å². The smallest absolute Gasteiger partial charge is 0.329 e. The molecule has 33 nitrogen and oxygen atoms in total. The van der Waals surface area contributed by atoms with E-state index in [-0.39, 0.29) is 42.6 Å². The van der Waals surface area contributed by atoms with E-state index in [1.807, 2.05) is 20.9 Å². The van der Waals surface area contributed by atoms with Crippen LogP contribution < -0.4 is 54.4 Å². The second kappa shape index (κ2) is 43.3.